The Morgan fingerprint density at radius 2 is 1.45 bits per heavy atom. The molecule has 1 N–H and O–H groups in total. The summed E-state index contributed by atoms with van der Waals surface area (Å²) in [6, 6.07) is -0.167. The zero-order chi connectivity index (χ0) is 17.7. The molecule has 1 rings (SSSR count). The minimum absolute atomic E-state index is 0.167. The van der Waals surface area contributed by atoms with Gasteiger partial charge in [-0.25, -0.2) is 4.39 Å². The summed E-state index contributed by atoms with van der Waals surface area (Å²) in [5, 5.41) is 9.30. The standard InChI is InChI=1S/C12H9F9O/c1-4-7(10(14,15)12(19,20)21)3-6(9(22)8(4)13)5(2)11(16,17)18/h3,5,22H,1-2H3. The van der Waals surface area contributed by atoms with Crippen LogP contribution < -0.4 is 0 Å². The van der Waals surface area contributed by atoms with Crippen molar-refractivity contribution in [2.45, 2.75) is 38.0 Å². The Balaban J connectivity index is 3.67. The van der Waals surface area contributed by atoms with E-state index < -0.39 is 52.5 Å². The SMILES string of the molecule is Cc1c(C(F)(F)C(F)(F)F)cc(C(C)C(F)(F)F)c(O)c1F. The first-order valence-electron chi connectivity index (χ1n) is 5.66. The Bertz CT molecular complexity index is 571. The molecule has 10 heteroatoms. The highest BCUT2D eigenvalue weighted by Gasteiger charge is 2.60. The quantitative estimate of drug-likeness (QED) is 0.738. The molecule has 0 aliphatic rings. The highest BCUT2D eigenvalue weighted by molar-refractivity contribution is 5.47. The van der Waals surface area contributed by atoms with E-state index in [1.807, 2.05) is 0 Å². The zero-order valence-electron chi connectivity index (χ0n) is 11.0. The molecule has 0 saturated heterocycles. The van der Waals surface area contributed by atoms with Gasteiger partial charge in [-0.15, -0.1) is 0 Å². The molecule has 0 heterocycles. The second-order valence-electron chi connectivity index (χ2n) is 4.64. The van der Waals surface area contributed by atoms with E-state index in [2.05, 4.69) is 0 Å². The third-order valence-corrected chi connectivity index (χ3v) is 3.17. The maximum absolute atomic E-state index is 13.6. The number of phenolic OH excluding ortho intramolecular Hbond substituents is 1. The largest absolute Gasteiger partial charge is 0.505 e. The van der Waals surface area contributed by atoms with E-state index in [-0.39, 0.29) is 6.07 Å². The van der Waals surface area contributed by atoms with Gasteiger partial charge in [-0.3, -0.25) is 0 Å². The van der Waals surface area contributed by atoms with Gasteiger partial charge in [-0.2, -0.15) is 35.1 Å². The molecule has 0 radical (unpaired) electrons. The Labute approximate surface area is 118 Å². The molecule has 1 aromatic carbocycles. The van der Waals surface area contributed by atoms with Crippen molar-refractivity contribution in [1.82, 2.24) is 0 Å². The van der Waals surface area contributed by atoms with E-state index in [1.54, 1.807) is 0 Å². The third kappa shape index (κ3) is 2.95. The van der Waals surface area contributed by atoms with Crippen molar-refractivity contribution >= 4 is 0 Å². The van der Waals surface area contributed by atoms with Gasteiger partial charge >= 0.3 is 18.3 Å². The van der Waals surface area contributed by atoms with Crippen LogP contribution >= 0.6 is 0 Å². The van der Waals surface area contributed by atoms with Crippen LogP contribution in [0.3, 0.4) is 0 Å². The van der Waals surface area contributed by atoms with Crippen LogP contribution in [0.2, 0.25) is 0 Å². The van der Waals surface area contributed by atoms with Crippen LogP contribution in [0, 0.1) is 12.7 Å². The summed E-state index contributed by atoms with van der Waals surface area (Å²) in [5.74, 6) is -11.8. The van der Waals surface area contributed by atoms with Crippen molar-refractivity contribution in [1.29, 1.82) is 0 Å². The van der Waals surface area contributed by atoms with E-state index in [1.165, 1.54) is 0 Å². The summed E-state index contributed by atoms with van der Waals surface area (Å²) in [6.45, 7) is 0.908. The van der Waals surface area contributed by atoms with Crippen LogP contribution in [0.5, 0.6) is 5.75 Å². The van der Waals surface area contributed by atoms with Crippen LogP contribution in [0.15, 0.2) is 6.07 Å². The van der Waals surface area contributed by atoms with Crippen LogP contribution in [0.1, 0.15) is 29.5 Å². The van der Waals surface area contributed by atoms with Crippen molar-refractivity contribution in [2.75, 3.05) is 0 Å². The smallest absolute Gasteiger partial charge is 0.458 e. The highest BCUT2D eigenvalue weighted by Crippen LogP contribution is 2.49. The van der Waals surface area contributed by atoms with Gasteiger partial charge in [-0.05, 0) is 25.5 Å². The second kappa shape index (κ2) is 5.24. The summed E-state index contributed by atoms with van der Waals surface area (Å²) in [4.78, 5) is 0. The molecule has 0 amide bonds. The lowest BCUT2D eigenvalue weighted by Crippen LogP contribution is -2.35. The van der Waals surface area contributed by atoms with Crippen molar-refractivity contribution in [3.05, 3.63) is 28.6 Å². The Morgan fingerprint density at radius 1 is 1.00 bits per heavy atom. The maximum atomic E-state index is 13.6. The van der Waals surface area contributed by atoms with Gasteiger partial charge in [0.25, 0.3) is 0 Å². The lowest BCUT2D eigenvalue weighted by Gasteiger charge is -2.25. The molecular formula is C12H9F9O. The lowest BCUT2D eigenvalue weighted by molar-refractivity contribution is -0.289. The lowest BCUT2D eigenvalue weighted by atomic mass is 9.91. The average Bonchev–Trinajstić information content (AvgIpc) is 2.32. The molecule has 1 aromatic rings. The van der Waals surface area contributed by atoms with Gasteiger partial charge in [0, 0.05) is 11.1 Å². The predicted octanol–water partition coefficient (Wildman–Crippen LogP) is 5.16. The topological polar surface area (TPSA) is 20.2 Å². The minimum atomic E-state index is -6.13. The van der Waals surface area contributed by atoms with Gasteiger partial charge in [0.05, 0.1) is 5.92 Å². The minimum Gasteiger partial charge on any atom is -0.505 e. The number of halogens is 9. The van der Waals surface area contributed by atoms with Gasteiger partial charge in [-0.1, -0.05) is 0 Å². The van der Waals surface area contributed by atoms with Crippen LogP contribution in [0.4, 0.5) is 39.5 Å². The number of hydrogen-bond acceptors (Lipinski definition) is 1. The zero-order valence-corrected chi connectivity index (χ0v) is 11.0. The first-order chi connectivity index (χ1) is 9.62. The van der Waals surface area contributed by atoms with Crippen molar-refractivity contribution in [3.63, 3.8) is 0 Å². The number of rotatable bonds is 2. The number of aromatic hydroxyl groups is 1. The predicted molar refractivity (Wildman–Crippen MR) is 57.2 cm³/mol. The molecule has 126 valence electrons. The highest BCUT2D eigenvalue weighted by atomic mass is 19.4. The molecule has 0 bridgehead atoms. The van der Waals surface area contributed by atoms with Crippen LogP contribution in [-0.4, -0.2) is 17.5 Å². The van der Waals surface area contributed by atoms with Crippen LogP contribution in [0.25, 0.3) is 0 Å². The number of phenols is 1. The van der Waals surface area contributed by atoms with E-state index in [9.17, 15) is 44.6 Å². The fraction of sp³-hybridized carbons (Fsp3) is 0.500. The second-order valence-corrected chi connectivity index (χ2v) is 4.64. The monoisotopic (exact) mass is 340 g/mol. The fourth-order valence-electron chi connectivity index (χ4n) is 1.74. The van der Waals surface area contributed by atoms with Gasteiger partial charge in [0.2, 0.25) is 0 Å². The molecule has 0 spiro atoms. The Morgan fingerprint density at radius 3 is 1.82 bits per heavy atom. The number of alkyl halides is 8. The summed E-state index contributed by atoms with van der Waals surface area (Å²) in [7, 11) is 0. The normalized spacial score (nSPS) is 15.0. The first kappa shape index (κ1) is 18.4. The molecule has 0 aliphatic heterocycles. The first-order valence-corrected chi connectivity index (χ1v) is 5.66. The third-order valence-electron chi connectivity index (χ3n) is 3.17. The molecule has 0 saturated carbocycles. The summed E-state index contributed by atoms with van der Waals surface area (Å²) >= 11 is 0. The van der Waals surface area contributed by atoms with E-state index in [4.69, 9.17) is 0 Å². The molecule has 0 fully saturated rings. The summed E-state index contributed by atoms with van der Waals surface area (Å²) < 4.78 is 115. The van der Waals surface area contributed by atoms with E-state index >= 15 is 0 Å². The van der Waals surface area contributed by atoms with Crippen molar-refractivity contribution in [3.8, 4) is 5.75 Å². The maximum Gasteiger partial charge on any atom is 0.458 e. The molecule has 1 unspecified atom stereocenters. The van der Waals surface area contributed by atoms with Crippen molar-refractivity contribution in [2.24, 2.45) is 0 Å². The molecule has 1 nitrogen and oxygen atoms in total. The van der Waals surface area contributed by atoms with E-state index in [0.717, 1.165) is 0 Å². The summed E-state index contributed by atoms with van der Waals surface area (Å²) in [6.07, 6.45) is -11.2. The molecular weight excluding hydrogens is 331 g/mol. The molecule has 1 atom stereocenters. The number of benzene rings is 1. The average molecular weight is 340 g/mol. The van der Waals surface area contributed by atoms with Gasteiger partial charge in [0.1, 0.15) is 0 Å². The molecule has 0 aliphatic carbocycles. The van der Waals surface area contributed by atoms with E-state index in [0.29, 0.717) is 13.8 Å². The number of hydrogen-bond donors (Lipinski definition) is 1. The van der Waals surface area contributed by atoms with Crippen molar-refractivity contribution < 1.29 is 44.6 Å². The van der Waals surface area contributed by atoms with Gasteiger partial charge < -0.3 is 5.11 Å². The fourth-order valence-corrected chi connectivity index (χ4v) is 1.74. The molecule has 0 aromatic heterocycles. The van der Waals surface area contributed by atoms with Gasteiger partial charge in [0.15, 0.2) is 11.6 Å². The summed E-state index contributed by atoms with van der Waals surface area (Å²) in [5.41, 5.74) is -4.64. The Hall–Kier alpha value is -1.61. The molecule has 22 heavy (non-hydrogen) atoms. The Kier molecular flexibility index (Phi) is 4.39. The van der Waals surface area contributed by atoms with Crippen LogP contribution in [-0.2, 0) is 5.92 Å².